The highest BCUT2D eigenvalue weighted by Crippen LogP contribution is 2.39. The molecule has 1 saturated heterocycles. The van der Waals surface area contributed by atoms with Crippen molar-refractivity contribution in [2.45, 2.75) is 25.3 Å². The van der Waals surface area contributed by atoms with Crippen LogP contribution in [0.25, 0.3) is 16.8 Å². The minimum absolute atomic E-state index is 0.0609. The van der Waals surface area contributed by atoms with E-state index < -0.39 is 41.3 Å². The number of hydrogen-bond donors (Lipinski definition) is 2. The first-order chi connectivity index (χ1) is 19.0. The number of ether oxygens (including phenoxy) is 1. The summed E-state index contributed by atoms with van der Waals surface area (Å²) in [6.07, 6.45) is -2.65. The van der Waals surface area contributed by atoms with E-state index in [0.717, 1.165) is 16.9 Å². The average molecular weight is 558 g/mol. The van der Waals surface area contributed by atoms with Gasteiger partial charge in [-0.25, -0.2) is 18.9 Å². The van der Waals surface area contributed by atoms with Gasteiger partial charge >= 0.3 is 6.18 Å². The average Bonchev–Trinajstić information content (AvgIpc) is 3.49. The lowest BCUT2D eigenvalue weighted by Crippen LogP contribution is -2.42. The summed E-state index contributed by atoms with van der Waals surface area (Å²) in [6.45, 7) is 1.38. The fourth-order valence-corrected chi connectivity index (χ4v) is 4.58. The first-order valence-corrected chi connectivity index (χ1v) is 11.9. The van der Waals surface area contributed by atoms with Crippen LogP contribution in [0.15, 0.2) is 43.0 Å². The van der Waals surface area contributed by atoms with Gasteiger partial charge in [-0.2, -0.15) is 18.3 Å². The van der Waals surface area contributed by atoms with E-state index in [9.17, 15) is 27.2 Å². The van der Waals surface area contributed by atoms with Crippen LogP contribution in [0, 0.1) is 6.92 Å². The van der Waals surface area contributed by atoms with Crippen molar-refractivity contribution in [3.05, 3.63) is 65.4 Å². The van der Waals surface area contributed by atoms with Gasteiger partial charge in [0.15, 0.2) is 5.82 Å². The van der Waals surface area contributed by atoms with Crippen molar-refractivity contribution in [1.29, 1.82) is 0 Å². The zero-order valence-electron chi connectivity index (χ0n) is 21.1. The van der Waals surface area contributed by atoms with Gasteiger partial charge in [0.25, 0.3) is 11.8 Å². The van der Waals surface area contributed by atoms with E-state index in [0.29, 0.717) is 11.3 Å². The van der Waals surface area contributed by atoms with Crippen molar-refractivity contribution in [3.8, 4) is 17.1 Å². The summed E-state index contributed by atoms with van der Waals surface area (Å²) in [5.41, 5.74) is 5.02. The predicted octanol–water partition coefficient (Wildman–Crippen LogP) is 2.70. The quantitative estimate of drug-likeness (QED) is 0.357. The number of likely N-dealkylation sites (tertiary alicyclic amines) is 1. The van der Waals surface area contributed by atoms with E-state index in [1.165, 1.54) is 36.5 Å². The van der Waals surface area contributed by atoms with Gasteiger partial charge in [0, 0.05) is 35.8 Å². The number of methoxy groups -OCH3 is 1. The van der Waals surface area contributed by atoms with Crippen molar-refractivity contribution in [2.75, 3.05) is 25.9 Å². The number of aromatic nitrogens is 5. The number of nitrogens with zero attached hydrogens (tertiary/aromatic N) is 6. The lowest BCUT2D eigenvalue weighted by molar-refractivity contribution is -0.136. The summed E-state index contributed by atoms with van der Waals surface area (Å²) >= 11 is 0. The van der Waals surface area contributed by atoms with Crippen LogP contribution in [0.4, 0.5) is 23.4 Å². The molecule has 5 heterocycles. The number of fused-ring (bicyclic) bond motifs is 1. The molecule has 1 fully saturated rings. The topological polar surface area (TPSA) is 141 Å². The number of halogens is 4. The Bertz CT molecular complexity index is 1620. The van der Waals surface area contributed by atoms with E-state index in [-0.39, 0.29) is 41.6 Å². The van der Waals surface area contributed by atoms with Crippen molar-refractivity contribution >= 4 is 23.1 Å². The fourth-order valence-electron chi connectivity index (χ4n) is 4.58. The third kappa shape index (κ3) is 4.85. The maximum absolute atomic E-state index is 14.9. The summed E-state index contributed by atoms with van der Waals surface area (Å²) in [6, 6.07) is 4.13. The van der Waals surface area contributed by atoms with Crippen molar-refractivity contribution in [3.63, 3.8) is 0 Å². The van der Waals surface area contributed by atoms with E-state index >= 15 is 0 Å². The highest BCUT2D eigenvalue weighted by atomic mass is 19.4. The summed E-state index contributed by atoms with van der Waals surface area (Å²) < 4.78 is 62.3. The second-order valence-corrected chi connectivity index (χ2v) is 9.12. The normalized spacial score (nSPS) is 17.3. The Labute approximate surface area is 224 Å². The van der Waals surface area contributed by atoms with E-state index in [4.69, 9.17) is 10.5 Å². The van der Waals surface area contributed by atoms with Crippen molar-refractivity contribution in [2.24, 2.45) is 0 Å². The zero-order chi connectivity index (χ0) is 28.8. The van der Waals surface area contributed by atoms with Gasteiger partial charge in [-0.1, -0.05) is 0 Å². The number of alkyl halides is 4. The number of carbonyl (C=O) groups is 2. The molecule has 5 rings (SSSR count). The van der Waals surface area contributed by atoms with Crippen molar-refractivity contribution in [1.82, 2.24) is 34.8 Å². The maximum Gasteiger partial charge on any atom is 0.418 e. The number of carbonyl (C=O) groups excluding carboxylic acids is 2. The second-order valence-electron chi connectivity index (χ2n) is 9.12. The van der Waals surface area contributed by atoms with Crippen LogP contribution in [0.2, 0.25) is 0 Å². The van der Waals surface area contributed by atoms with Crippen LogP contribution < -0.4 is 15.8 Å². The minimum Gasteiger partial charge on any atom is -0.480 e. The number of nitrogen functional groups attached to an aromatic ring is 1. The molecular weight excluding hydrogens is 536 g/mol. The number of nitrogens with two attached hydrogens (primary N) is 1. The molecule has 2 atom stereocenters. The second kappa shape index (κ2) is 10.1. The molecule has 0 radical (unpaired) electrons. The molecule has 11 nitrogen and oxygen atoms in total. The largest absolute Gasteiger partial charge is 0.480 e. The van der Waals surface area contributed by atoms with E-state index in [1.54, 1.807) is 13.0 Å². The number of pyridine rings is 2. The molecule has 0 unspecified atom stereocenters. The smallest absolute Gasteiger partial charge is 0.418 e. The summed E-state index contributed by atoms with van der Waals surface area (Å²) in [5, 5.41) is 6.44. The van der Waals surface area contributed by atoms with Gasteiger partial charge in [0.05, 0.1) is 31.0 Å². The van der Waals surface area contributed by atoms with Crippen LogP contribution in [0.1, 0.15) is 32.0 Å². The van der Waals surface area contributed by atoms with E-state index in [2.05, 4.69) is 25.4 Å². The number of nitrogens with one attached hydrogen (secondary N) is 1. The highest BCUT2D eigenvalue weighted by Gasteiger charge is 2.38. The molecule has 0 saturated carbocycles. The Morgan fingerprint density at radius 3 is 2.62 bits per heavy atom. The predicted molar refractivity (Wildman–Crippen MR) is 133 cm³/mol. The SMILES string of the molecule is COc1ncc(-c2cc(C(F)(F)F)c3c(N)ncnn23)cc1C(=O)N[C@@H]1CN(C(=O)c2ccnc(C)c2)C[C@@H]1F. The number of aryl methyl sites for hydroxylation is 1. The molecule has 2 amide bonds. The summed E-state index contributed by atoms with van der Waals surface area (Å²) in [5.74, 6) is -1.72. The van der Waals surface area contributed by atoms with Gasteiger partial charge < -0.3 is 20.7 Å². The van der Waals surface area contributed by atoms with Gasteiger partial charge in [0.2, 0.25) is 5.88 Å². The molecule has 208 valence electrons. The standard InChI is InChI=1S/C25H22F4N8O3/c1-12-5-13(3-4-31-12)24(39)36-9-17(26)18(10-36)35-22(38)15-6-14(8-32-23(15)40-2)19-7-16(25(27,28)29)20-21(30)33-11-34-37(19)20/h3-8,11,17-18H,9-10H2,1-2H3,(H,35,38)(H2,30,33,34)/t17-,18+/m0/s1. The molecule has 0 aliphatic carbocycles. The number of hydrogen-bond acceptors (Lipinski definition) is 8. The van der Waals surface area contributed by atoms with Crippen LogP contribution >= 0.6 is 0 Å². The zero-order valence-corrected chi connectivity index (χ0v) is 21.1. The Morgan fingerprint density at radius 2 is 1.93 bits per heavy atom. The minimum atomic E-state index is -4.76. The first kappa shape index (κ1) is 26.8. The molecule has 1 aliphatic heterocycles. The van der Waals surface area contributed by atoms with Crippen LogP contribution in [0.3, 0.4) is 0 Å². The van der Waals surface area contributed by atoms with Gasteiger partial charge in [-0.15, -0.1) is 0 Å². The summed E-state index contributed by atoms with van der Waals surface area (Å²) in [4.78, 5) is 39.1. The van der Waals surface area contributed by atoms with Crippen LogP contribution in [-0.4, -0.2) is 73.7 Å². The summed E-state index contributed by atoms with van der Waals surface area (Å²) in [7, 11) is 1.26. The van der Waals surface area contributed by atoms with E-state index in [1.807, 2.05) is 0 Å². The Hall–Kier alpha value is -4.82. The third-order valence-corrected chi connectivity index (χ3v) is 6.47. The highest BCUT2D eigenvalue weighted by molar-refractivity contribution is 5.98. The number of anilines is 1. The van der Waals surface area contributed by atoms with Crippen LogP contribution in [-0.2, 0) is 6.18 Å². The Kier molecular flexibility index (Phi) is 6.73. The number of rotatable bonds is 5. The lowest BCUT2D eigenvalue weighted by Gasteiger charge is -2.17. The lowest BCUT2D eigenvalue weighted by atomic mass is 10.1. The molecular formula is C25H22F4N8O3. The Balaban J connectivity index is 1.43. The molecule has 4 aromatic heterocycles. The molecule has 0 aromatic carbocycles. The first-order valence-electron chi connectivity index (χ1n) is 11.9. The van der Waals surface area contributed by atoms with Crippen LogP contribution in [0.5, 0.6) is 5.88 Å². The Morgan fingerprint density at radius 1 is 1.15 bits per heavy atom. The van der Waals surface area contributed by atoms with Crippen molar-refractivity contribution < 1.29 is 31.9 Å². The molecule has 15 heteroatoms. The fraction of sp³-hybridized carbons (Fsp3) is 0.280. The van der Waals surface area contributed by atoms with Gasteiger partial charge in [-0.05, 0) is 31.2 Å². The molecule has 4 aromatic rings. The maximum atomic E-state index is 14.9. The molecule has 0 bridgehead atoms. The van der Waals surface area contributed by atoms with Gasteiger partial charge in [0.1, 0.15) is 23.6 Å². The van der Waals surface area contributed by atoms with Gasteiger partial charge in [-0.3, -0.25) is 14.6 Å². The monoisotopic (exact) mass is 558 g/mol. The molecule has 1 aliphatic rings. The molecule has 40 heavy (non-hydrogen) atoms. The molecule has 0 spiro atoms. The third-order valence-electron chi connectivity index (χ3n) is 6.47. The number of amides is 2. The molecule has 3 N–H and O–H groups in total.